The van der Waals surface area contributed by atoms with Crippen LogP contribution in [0.5, 0.6) is 0 Å². The van der Waals surface area contributed by atoms with Gasteiger partial charge < -0.3 is 10.8 Å². The molecule has 64 valence electrons. The quantitative estimate of drug-likeness (QED) is 0.586. The van der Waals surface area contributed by atoms with E-state index in [0.717, 1.165) is 0 Å². The molecule has 0 saturated heterocycles. The number of amides is 1. The molecule has 1 atom stereocenters. The van der Waals surface area contributed by atoms with Crippen molar-refractivity contribution in [2.45, 2.75) is 32.8 Å². The number of hydrogen-bond acceptors (Lipinski definition) is 2. The van der Waals surface area contributed by atoms with Crippen molar-refractivity contribution in [3.8, 4) is 0 Å². The van der Waals surface area contributed by atoms with E-state index >= 15 is 0 Å². The van der Waals surface area contributed by atoms with Crippen LogP contribution in [-0.2, 0) is 4.79 Å². The zero-order valence-corrected chi connectivity index (χ0v) is 7.00. The molecule has 1 amide bonds. The molecule has 0 bridgehead atoms. The Morgan fingerprint density at radius 1 is 1.73 bits per heavy atom. The van der Waals surface area contributed by atoms with Crippen LogP contribution in [0.15, 0.2) is 11.6 Å². The molecule has 0 aliphatic carbocycles. The number of carbonyl (C=O) groups excluding carboxylic acids is 1. The number of carbonyl (C=O) groups is 1. The van der Waals surface area contributed by atoms with Crippen molar-refractivity contribution in [2.75, 3.05) is 0 Å². The van der Waals surface area contributed by atoms with Gasteiger partial charge in [0.05, 0.1) is 6.10 Å². The summed E-state index contributed by atoms with van der Waals surface area (Å²) >= 11 is 0. The summed E-state index contributed by atoms with van der Waals surface area (Å²) < 4.78 is 0. The molecule has 0 aromatic heterocycles. The fourth-order valence-corrected chi connectivity index (χ4v) is 0.580. The standard InChI is InChI=1S/C8H15NO2/c1-3-7(10)5-4-6(2)8(9)11/h4,7,10H,3,5H2,1-2H3,(H2,9,11). The van der Waals surface area contributed by atoms with E-state index in [1.165, 1.54) is 0 Å². The summed E-state index contributed by atoms with van der Waals surface area (Å²) in [6, 6.07) is 0. The van der Waals surface area contributed by atoms with Crippen LogP contribution in [0.4, 0.5) is 0 Å². The van der Waals surface area contributed by atoms with E-state index < -0.39 is 5.91 Å². The van der Waals surface area contributed by atoms with E-state index in [-0.39, 0.29) is 6.10 Å². The lowest BCUT2D eigenvalue weighted by molar-refractivity contribution is -0.114. The maximum atomic E-state index is 10.5. The number of rotatable bonds is 4. The predicted octanol–water partition coefficient (Wildman–Crippen LogP) is 0.579. The van der Waals surface area contributed by atoms with E-state index in [4.69, 9.17) is 10.8 Å². The minimum atomic E-state index is -0.423. The molecule has 0 spiro atoms. The molecular formula is C8H15NO2. The minimum absolute atomic E-state index is 0.357. The van der Waals surface area contributed by atoms with E-state index in [1.807, 2.05) is 6.92 Å². The fourth-order valence-electron chi connectivity index (χ4n) is 0.580. The molecular weight excluding hydrogens is 142 g/mol. The maximum Gasteiger partial charge on any atom is 0.244 e. The monoisotopic (exact) mass is 157 g/mol. The molecule has 0 aromatic carbocycles. The van der Waals surface area contributed by atoms with Crippen molar-refractivity contribution in [1.82, 2.24) is 0 Å². The van der Waals surface area contributed by atoms with Gasteiger partial charge in [0, 0.05) is 5.57 Å². The van der Waals surface area contributed by atoms with Gasteiger partial charge in [0.2, 0.25) is 5.91 Å². The number of aliphatic hydroxyl groups excluding tert-OH is 1. The Balaban J connectivity index is 3.82. The zero-order valence-electron chi connectivity index (χ0n) is 7.00. The van der Waals surface area contributed by atoms with Gasteiger partial charge in [-0.1, -0.05) is 13.0 Å². The highest BCUT2D eigenvalue weighted by molar-refractivity contribution is 5.91. The Morgan fingerprint density at radius 2 is 2.27 bits per heavy atom. The summed E-state index contributed by atoms with van der Waals surface area (Å²) in [5, 5.41) is 9.09. The van der Waals surface area contributed by atoms with Gasteiger partial charge >= 0.3 is 0 Å². The van der Waals surface area contributed by atoms with E-state index in [0.29, 0.717) is 18.4 Å². The molecule has 0 aliphatic heterocycles. The molecule has 11 heavy (non-hydrogen) atoms. The molecule has 0 rings (SSSR count). The summed E-state index contributed by atoms with van der Waals surface area (Å²) in [4.78, 5) is 10.5. The highest BCUT2D eigenvalue weighted by Crippen LogP contribution is 2.01. The summed E-state index contributed by atoms with van der Waals surface area (Å²) in [5.74, 6) is -0.423. The fraction of sp³-hybridized carbons (Fsp3) is 0.625. The third kappa shape index (κ3) is 4.56. The van der Waals surface area contributed by atoms with Crippen molar-refractivity contribution >= 4 is 5.91 Å². The Morgan fingerprint density at radius 3 is 2.64 bits per heavy atom. The summed E-state index contributed by atoms with van der Waals surface area (Å²) in [6.45, 7) is 3.53. The molecule has 0 heterocycles. The molecule has 0 aliphatic rings. The van der Waals surface area contributed by atoms with Crippen molar-refractivity contribution in [2.24, 2.45) is 5.73 Å². The first-order valence-corrected chi connectivity index (χ1v) is 3.72. The topological polar surface area (TPSA) is 63.3 Å². The van der Waals surface area contributed by atoms with Crippen LogP contribution < -0.4 is 5.73 Å². The Kier molecular flexibility index (Phi) is 4.54. The lowest BCUT2D eigenvalue weighted by Crippen LogP contribution is -2.12. The number of aliphatic hydroxyl groups is 1. The van der Waals surface area contributed by atoms with Gasteiger partial charge in [-0.25, -0.2) is 0 Å². The molecule has 0 radical (unpaired) electrons. The van der Waals surface area contributed by atoms with Gasteiger partial charge in [0.1, 0.15) is 0 Å². The van der Waals surface area contributed by atoms with Crippen LogP contribution in [0.1, 0.15) is 26.7 Å². The molecule has 3 N–H and O–H groups in total. The first kappa shape index (κ1) is 10.2. The zero-order chi connectivity index (χ0) is 8.85. The molecule has 3 nitrogen and oxygen atoms in total. The SMILES string of the molecule is CCC(O)CC=C(C)C(N)=O. The van der Waals surface area contributed by atoms with Crippen molar-refractivity contribution < 1.29 is 9.90 Å². The van der Waals surface area contributed by atoms with Gasteiger partial charge in [-0.2, -0.15) is 0 Å². The second-order valence-electron chi connectivity index (χ2n) is 2.55. The van der Waals surface area contributed by atoms with Gasteiger partial charge in [-0.3, -0.25) is 4.79 Å². The lowest BCUT2D eigenvalue weighted by Gasteiger charge is -2.02. The van der Waals surface area contributed by atoms with Crippen LogP contribution in [0.25, 0.3) is 0 Å². The Labute approximate surface area is 66.9 Å². The average Bonchev–Trinajstić information content (AvgIpc) is 1.99. The minimum Gasteiger partial charge on any atom is -0.393 e. The molecule has 1 unspecified atom stereocenters. The highest BCUT2D eigenvalue weighted by Gasteiger charge is 2.00. The molecule has 3 heteroatoms. The molecule has 0 aromatic rings. The highest BCUT2D eigenvalue weighted by atomic mass is 16.3. The first-order chi connectivity index (χ1) is 5.07. The smallest absolute Gasteiger partial charge is 0.244 e. The van der Waals surface area contributed by atoms with E-state index in [1.54, 1.807) is 13.0 Å². The van der Waals surface area contributed by atoms with Crippen LogP contribution in [0, 0.1) is 0 Å². The third-order valence-electron chi connectivity index (χ3n) is 1.56. The number of nitrogens with two attached hydrogens (primary N) is 1. The van der Waals surface area contributed by atoms with Crippen LogP contribution in [-0.4, -0.2) is 17.1 Å². The van der Waals surface area contributed by atoms with Crippen molar-refractivity contribution in [1.29, 1.82) is 0 Å². The van der Waals surface area contributed by atoms with E-state index in [9.17, 15) is 4.79 Å². The summed E-state index contributed by atoms with van der Waals surface area (Å²) in [6.07, 6.45) is 2.51. The second-order valence-corrected chi connectivity index (χ2v) is 2.55. The van der Waals surface area contributed by atoms with Crippen molar-refractivity contribution in [3.05, 3.63) is 11.6 Å². The largest absolute Gasteiger partial charge is 0.393 e. The summed E-state index contributed by atoms with van der Waals surface area (Å²) in [5.41, 5.74) is 5.49. The third-order valence-corrected chi connectivity index (χ3v) is 1.56. The van der Waals surface area contributed by atoms with Crippen LogP contribution in [0.3, 0.4) is 0 Å². The van der Waals surface area contributed by atoms with Crippen LogP contribution >= 0.6 is 0 Å². The number of primary amides is 1. The normalized spacial score (nSPS) is 14.6. The lowest BCUT2D eigenvalue weighted by atomic mass is 10.1. The van der Waals surface area contributed by atoms with Crippen LogP contribution in [0.2, 0.25) is 0 Å². The molecule has 0 saturated carbocycles. The van der Waals surface area contributed by atoms with Gasteiger partial charge in [0.25, 0.3) is 0 Å². The number of hydrogen-bond donors (Lipinski definition) is 2. The molecule has 0 fully saturated rings. The van der Waals surface area contributed by atoms with E-state index in [2.05, 4.69) is 0 Å². The van der Waals surface area contributed by atoms with Gasteiger partial charge in [-0.05, 0) is 19.8 Å². The second kappa shape index (κ2) is 4.91. The predicted molar refractivity (Wildman–Crippen MR) is 43.9 cm³/mol. The van der Waals surface area contributed by atoms with Gasteiger partial charge in [0.15, 0.2) is 0 Å². The average molecular weight is 157 g/mol. The first-order valence-electron chi connectivity index (χ1n) is 3.72. The Hall–Kier alpha value is -0.830. The maximum absolute atomic E-state index is 10.5. The summed E-state index contributed by atoms with van der Waals surface area (Å²) in [7, 11) is 0. The van der Waals surface area contributed by atoms with Crippen molar-refractivity contribution in [3.63, 3.8) is 0 Å². The van der Waals surface area contributed by atoms with Gasteiger partial charge in [-0.15, -0.1) is 0 Å². The Bertz CT molecular complexity index is 163.